The van der Waals surface area contributed by atoms with Crippen LogP contribution in [0.3, 0.4) is 0 Å². The Hall–Kier alpha value is -3.55. The Morgan fingerprint density at radius 3 is 2.61 bits per heavy atom. The number of fused-ring (bicyclic) bond motifs is 1. The summed E-state index contributed by atoms with van der Waals surface area (Å²) in [4.78, 5) is 21.8. The van der Waals surface area contributed by atoms with Crippen molar-refractivity contribution in [1.82, 2.24) is 19.7 Å². The van der Waals surface area contributed by atoms with Crippen molar-refractivity contribution in [3.05, 3.63) is 99.3 Å². The lowest BCUT2D eigenvalue weighted by Crippen LogP contribution is -2.31. The molecular weight excluding hydrogens is 492 g/mol. The zero-order valence-corrected chi connectivity index (χ0v) is 22.7. The molecule has 6 rings (SSSR count). The van der Waals surface area contributed by atoms with E-state index in [1.165, 1.54) is 5.56 Å². The van der Waals surface area contributed by atoms with Crippen LogP contribution in [0.1, 0.15) is 63.1 Å². The first-order chi connectivity index (χ1) is 18.6. The number of thiazole rings is 1. The zero-order chi connectivity index (χ0) is 26.1. The van der Waals surface area contributed by atoms with Crippen LogP contribution in [0.2, 0.25) is 0 Å². The molecule has 0 atom stereocenters. The summed E-state index contributed by atoms with van der Waals surface area (Å²) in [5.74, 6) is 0.731. The van der Waals surface area contributed by atoms with E-state index < -0.39 is 0 Å². The van der Waals surface area contributed by atoms with Crippen molar-refractivity contribution in [2.45, 2.75) is 38.6 Å². The summed E-state index contributed by atoms with van der Waals surface area (Å²) in [6.45, 7) is 4.73. The Balaban J connectivity index is 1.27. The van der Waals surface area contributed by atoms with Gasteiger partial charge in [0, 0.05) is 17.3 Å². The Morgan fingerprint density at radius 1 is 1.03 bits per heavy atom. The van der Waals surface area contributed by atoms with Crippen LogP contribution in [0, 0.1) is 6.92 Å². The molecule has 0 bridgehead atoms. The molecule has 1 aliphatic carbocycles. The number of ether oxygens (including phenoxy) is 1. The van der Waals surface area contributed by atoms with E-state index >= 15 is 0 Å². The van der Waals surface area contributed by atoms with Gasteiger partial charge in [0.05, 0.1) is 40.0 Å². The highest BCUT2D eigenvalue weighted by Gasteiger charge is 2.35. The fraction of sp³-hybridized carbons (Fsp3) is 0.323. The number of allylic oxidation sites excluding steroid dienone is 1. The van der Waals surface area contributed by atoms with Gasteiger partial charge in [-0.2, -0.15) is 5.10 Å². The molecule has 2 aromatic carbocycles. The lowest BCUT2D eigenvalue weighted by Gasteiger charge is -2.29. The molecule has 0 spiro atoms. The number of likely N-dealkylation sites (tertiary alicyclic amines) is 1. The van der Waals surface area contributed by atoms with Crippen LogP contribution in [0.5, 0.6) is 5.75 Å². The average Bonchev–Trinajstić information content (AvgIpc) is 3.65. The molecule has 0 unspecified atom stereocenters. The van der Waals surface area contributed by atoms with Gasteiger partial charge >= 0.3 is 0 Å². The van der Waals surface area contributed by atoms with Gasteiger partial charge in [-0.1, -0.05) is 30.3 Å². The number of piperidine rings is 1. The van der Waals surface area contributed by atoms with Crippen LogP contribution in [0.4, 0.5) is 0 Å². The van der Waals surface area contributed by atoms with Crippen molar-refractivity contribution in [2.24, 2.45) is 0 Å². The molecule has 0 saturated carbocycles. The summed E-state index contributed by atoms with van der Waals surface area (Å²) in [5.41, 5.74) is 8.03. The van der Waals surface area contributed by atoms with Gasteiger partial charge in [0.2, 0.25) is 0 Å². The number of carbonyl (C=O) groups is 1. The van der Waals surface area contributed by atoms with Crippen molar-refractivity contribution in [3.63, 3.8) is 0 Å². The summed E-state index contributed by atoms with van der Waals surface area (Å²) in [6, 6.07) is 18.7. The molecule has 7 heteroatoms. The number of ketones is 1. The molecule has 1 aliphatic heterocycles. The molecule has 0 amide bonds. The number of nitrogens with zero attached hydrogens (tertiary/aromatic N) is 4. The number of carbonyl (C=O) groups excluding carboxylic acids is 1. The largest absolute Gasteiger partial charge is 0.494 e. The average molecular weight is 525 g/mol. The highest BCUT2D eigenvalue weighted by Crippen LogP contribution is 2.45. The molecule has 3 heterocycles. The second kappa shape index (κ2) is 10.7. The van der Waals surface area contributed by atoms with E-state index in [2.05, 4.69) is 45.9 Å². The molecule has 1 fully saturated rings. The summed E-state index contributed by atoms with van der Waals surface area (Å²) < 4.78 is 8.14. The molecule has 6 nitrogen and oxygen atoms in total. The molecule has 0 radical (unpaired) electrons. The molecule has 1 saturated heterocycles. The van der Waals surface area contributed by atoms with Gasteiger partial charge in [-0.15, -0.1) is 11.3 Å². The molecular formula is C31H32N4O2S. The van der Waals surface area contributed by atoms with E-state index in [0.717, 1.165) is 71.9 Å². The van der Waals surface area contributed by atoms with Crippen LogP contribution in [0.15, 0.2) is 66.3 Å². The third-order valence-electron chi connectivity index (χ3n) is 7.60. The Bertz CT molecular complexity index is 1480. The Morgan fingerprint density at radius 2 is 1.84 bits per heavy atom. The number of rotatable bonds is 8. The fourth-order valence-corrected chi connectivity index (χ4v) is 6.34. The van der Waals surface area contributed by atoms with E-state index in [-0.39, 0.29) is 5.78 Å². The van der Waals surface area contributed by atoms with E-state index in [1.54, 1.807) is 11.3 Å². The molecule has 2 aromatic heterocycles. The maximum Gasteiger partial charge on any atom is 0.196 e. The lowest BCUT2D eigenvalue weighted by molar-refractivity contribution is 0.105. The first-order valence-electron chi connectivity index (χ1n) is 13.3. The summed E-state index contributed by atoms with van der Waals surface area (Å²) in [5, 5.41) is 4.95. The normalized spacial score (nSPS) is 16.3. The predicted octanol–water partition coefficient (Wildman–Crippen LogP) is 6.08. The smallest absolute Gasteiger partial charge is 0.196 e. The SMILES string of the molecule is Cc1ncsc1C1=C(c2ccn(C3CCN(C)CC3)n2)C(=O)c2cc(OCCCc3ccccc3)ccc21. The fourth-order valence-electron chi connectivity index (χ4n) is 5.47. The van der Waals surface area contributed by atoms with E-state index in [0.29, 0.717) is 23.8 Å². The van der Waals surface area contributed by atoms with Crippen LogP contribution >= 0.6 is 11.3 Å². The van der Waals surface area contributed by atoms with Gasteiger partial charge in [0.25, 0.3) is 0 Å². The summed E-state index contributed by atoms with van der Waals surface area (Å²) in [7, 11) is 2.16. The Labute approximate surface area is 227 Å². The molecule has 0 N–H and O–H groups in total. The zero-order valence-electron chi connectivity index (χ0n) is 21.9. The second-order valence-electron chi connectivity index (χ2n) is 10.2. The predicted molar refractivity (Wildman–Crippen MR) is 152 cm³/mol. The van der Waals surface area contributed by atoms with Crippen molar-refractivity contribution in [2.75, 3.05) is 26.7 Å². The highest BCUT2D eigenvalue weighted by atomic mass is 32.1. The number of hydrogen-bond donors (Lipinski definition) is 0. The maximum atomic E-state index is 13.9. The standard InChI is InChI=1S/C31H32N4O2S/c1-21-31(38-20-32-21)28-25-11-10-24(37-18-6-9-22-7-4-3-5-8-22)19-26(25)30(36)29(28)27-14-17-35(33-27)23-12-15-34(2)16-13-23/h3-5,7-8,10-11,14,17,19-20,23H,6,9,12-13,15-16,18H2,1-2H3. The first kappa shape index (κ1) is 24.8. The summed E-state index contributed by atoms with van der Waals surface area (Å²) >= 11 is 1.57. The van der Waals surface area contributed by atoms with Gasteiger partial charge < -0.3 is 9.64 Å². The van der Waals surface area contributed by atoms with Crippen molar-refractivity contribution >= 4 is 28.3 Å². The molecule has 194 valence electrons. The van der Waals surface area contributed by atoms with Gasteiger partial charge in [-0.3, -0.25) is 9.48 Å². The summed E-state index contributed by atoms with van der Waals surface area (Å²) in [6.07, 6.45) is 6.05. The molecule has 2 aliphatic rings. The topological polar surface area (TPSA) is 60.2 Å². The monoisotopic (exact) mass is 524 g/mol. The lowest BCUT2D eigenvalue weighted by atomic mass is 10.0. The minimum absolute atomic E-state index is 0.00571. The van der Waals surface area contributed by atoms with E-state index in [1.807, 2.05) is 49.0 Å². The van der Waals surface area contributed by atoms with Crippen LogP contribution in [-0.2, 0) is 6.42 Å². The highest BCUT2D eigenvalue weighted by molar-refractivity contribution is 7.11. The first-order valence-corrected chi connectivity index (χ1v) is 14.2. The van der Waals surface area contributed by atoms with Crippen LogP contribution < -0.4 is 4.74 Å². The number of aryl methyl sites for hydroxylation is 2. The van der Waals surface area contributed by atoms with Crippen LogP contribution in [-0.4, -0.2) is 52.2 Å². The quantitative estimate of drug-likeness (QED) is 0.261. The number of aromatic nitrogens is 3. The van der Waals surface area contributed by atoms with Gasteiger partial charge in [0.15, 0.2) is 5.78 Å². The van der Waals surface area contributed by atoms with Crippen molar-refractivity contribution < 1.29 is 9.53 Å². The second-order valence-corrected chi connectivity index (χ2v) is 11.1. The minimum Gasteiger partial charge on any atom is -0.494 e. The third-order valence-corrected chi connectivity index (χ3v) is 8.55. The van der Waals surface area contributed by atoms with E-state index in [4.69, 9.17) is 9.84 Å². The van der Waals surface area contributed by atoms with Gasteiger partial charge in [-0.05, 0) is 88.1 Å². The third kappa shape index (κ3) is 4.84. The van der Waals surface area contributed by atoms with Crippen molar-refractivity contribution in [1.29, 1.82) is 0 Å². The number of hydrogen-bond acceptors (Lipinski definition) is 6. The van der Waals surface area contributed by atoms with Crippen LogP contribution in [0.25, 0.3) is 11.1 Å². The Kier molecular flexibility index (Phi) is 6.96. The number of Topliss-reactive ketones (excluding diaryl/α,β-unsaturated/α-hetero) is 1. The number of benzene rings is 2. The van der Waals surface area contributed by atoms with Crippen molar-refractivity contribution in [3.8, 4) is 5.75 Å². The van der Waals surface area contributed by atoms with Gasteiger partial charge in [0.1, 0.15) is 5.75 Å². The minimum atomic E-state index is 0.00571. The molecule has 4 aromatic rings. The van der Waals surface area contributed by atoms with E-state index in [9.17, 15) is 4.79 Å². The maximum absolute atomic E-state index is 13.9. The van der Waals surface area contributed by atoms with Gasteiger partial charge in [-0.25, -0.2) is 4.98 Å². The molecule has 38 heavy (non-hydrogen) atoms.